The minimum atomic E-state index is -1.63. The van der Waals surface area contributed by atoms with E-state index in [1.807, 2.05) is 19.1 Å². The predicted octanol–water partition coefficient (Wildman–Crippen LogP) is 2.28. The molecule has 3 heteroatoms. The van der Waals surface area contributed by atoms with Gasteiger partial charge in [-0.05, 0) is 36.2 Å². The van der Waals surface area contributed by atoms with Gasteiger partial charge in [-0.15, -0.1) is 0 Å². The molecule has 1 N–H and O–H groups in total. The molecule has 0 amide bonds. The number of hydrogen-bond acceptors (Lipinski definition) is 2. The van der Waals surface area contributed by atoms with Gasteiger partial charge in [-0.2, -0.15) is 0 Å². The number of ether oxygens (including phenoxy) is 1. The van der Waals surface area contributed by atoms with Gasteiger partial charge in [0.15, 0.2) is 0 Å². The van der Waals surface area contributed by atoms with Crippen LogP contribution in [0.25, 0.3) is 0 Å². The largest absolute Gasteiger partial charge is 0.449 e. The van der Waals surface area contributed by atoms with E-state index in [4.69, 9.17) is 21.4 Å². The minimum absolute atomic E-state index is 0.565. The van der Waals surface area contributed by atoms with E-state index in [-0.39, 0.29) is 0 Å². The Labute approximate surface area is 76.7 Å². The van der Waals surface area contributed by atoms with E-state index in [1.54, 1.807) is 12.1 Å². The molecule has 0 spiro atoms. The maximum absolute atomic E-state index is 9.11. The molecule has 0 aromatic heterocycles. The fraction of sp³-hybridized carbons (Fsp3) is 0.333. The van der Waals surface area contributed by atoms with Crippen LogP contribution in [0.2, 0.25) is 0 Å². The number of hydrogen-bond donors (Lipinski definition) is 1. The lowest BCUT2D eigenvalue weighted by molar-refractivity contribution is -0.0441. The second-order valence-corrected chi connectivity index (χ2v) is 3.49. The monoisotopic (exact) mass is 186 g/mol. The van der Waals surface area contributed by atoms with Crippen molar-refractivity contribution in [1.29, 1.82) is 0 Å². The Kier molecular flexibility index (Phi) is 2.60. The van der Waals surface area contributed by atoms with Crippen LogP contribution in [0, 0.1) is 6.92 Å². The second kappa shape index (κ2) is 3.33. The molecule has 0 aliphatic heterocycles. The van der Waals surface area contributed by atoms with Crippen LogP contribution in [0.15, 0.2) is 24.3 Å². The van der Waals surface area contributed by atoms with Crippen molar-refractivity contribution in [3.63, 3.8) is 0 Å². The zero-order valence-electron chi connectivity index (χ0n) is 7.04. The summed E-state index contributed by atoms with van der Waals surface area (Å²) in [7, 11) is 0. The first-order chi connectivity index (χ1) is 5.47. The summed E-state index contributed by atoms with van der Waals surface area (Å²) in [5.74, 6) is 0.565. The van der Waals surface area contributed by atoms with Gasteiger partial charge < -0.3 is 9.84 Å². The van der Waals surface area contributed by atoms with Crippen molar-refractivity contribution in [3.8, 4) is 5.75 Å². The molecule has 1 unspecified atom stereocenters. The number of halogens is 1. The van der Waals surface area contributed by atoms with E-state index in [0.29, 0.717) is 5.75 Å². The second-order valence-electron chi connectivity index (χ2n) is 2.79. The van der Waals surface area contributed by atoms with E-state index < -0.39 is 5.25 Å². The van der Waals surface area contributed by atoms with Crippen LogP contribution in [-0.2, 0) is 0 Å². The van der Waals surface area contributed by atoms with Crippen molar-refractivity contribution in [2.45, 2.75) is 19.1 Å². The van der Waals surface area contributed by atoms with Crippen LogP contribution in [0.4, 0.5) is 0 Å². The van der Waals surface area contributed by atoms with E-state index in [9.17, 15) is 0 Å². The normalized spacial score (nSPS) is 15.3. The molecule has 0 aliphatic carbocycles. The van der Waals surface area contributed by atoms with Crippen LogP contribution in [0.3, 0.4) is 0 Å². The molecule has 1 aromatic carbocycles. The number of rotatable bonds is 2. The summed E-state index contributed by atoms with van der Waals surface area (Å²) in [6, 6.07) is 7.32. The van der Waals surface area contributed by atoms with Crippen molar-refractivity contribution in [2.24, 2.45) is 0 Å². The molecule has 0 radical (unpaired) electrons. The van der Waals surface area contributed by atoms with E-state index in [1.165, 1.54) is 6.92 Å². The van der Waals surface area contributed by atoms with Crippen molar-refractivity contribution < 1.29 is 9.84 Å². The molecule has 66 valence electrons. The van der Waals surface area contributed by atoms with E-state index in [0.717, 1.165) is 5.56 Å². The summed E-state index contributed by atoms with van der Waals surface area (Å²) in [4.78, 5) is 0. The lowest BCUT2D eigenvalue weighted by Crippen LogP contribution is -2.23. The van der Waals surface area contributed by atoms with Gasteiger partial charge >= 0.3 is 0 Å². The highest BCUT2D eigenvalue weighted by Crippen LogP contribution is 2.19. The summed E-state index contributed by atoms with van der Waals surface area (Å²) >= 11 is 5.45. The van der Waals surface area contributed by atoms with Crippen molar-refractivity contribution in [2.75, 3.05) is 0 Å². The van der Waals surface area contributed by atoms with E-state index in [2.05, 4.69) is 0 Å². The highest BCUT2D eigenvalue weighted by molar-refractivity contribution is 6.21. The third-order valence-electron chi connectivity index (χ3n) is 1.29. The van der Waals surface area contributed by atoms with Gasteiger partial charge in [-0.1, -0.05) is 12.1 Å². The van der Waals surface area contributed by atoms with Crippen LogP contribution < -0.4 is 4.74 Å². The van der Waals surface area contributed by atoms with Crippen LogP contribution >= 0.6 is 11.6 Å². The molecule has 0 aliphatic rings. The molecule has 0 heterocycles. The quantitative estimate of drug-likeness (QED) is 0.567. The van der Waals surface area contributed by atoms with E-state index >= 15 is 0 Å². The summed E-state index contributed by atoms with van der Waals surface area (Å²) in [5, 5.41) is 7.47. The maximum Gasteiger partial charge on any atom is 0.285 e. The Hall–Kier alpha value is -0.730. The number of aliphatic hydroxyl groups is 1. The average molecular weight is 187 g/mol. The molecular formula is C9H11ClO2. The topological polar surface area (TPSA) is 29.5 Å². The van der Waals surface area contributed by atoms with Gasteiger partial charge in [0.1, 0.15) is 5.75 Å². The van der Waals surface area contributed by atoms with Crippen molar-refractivity contribution in [3.05, 3.63) is 29.8 Å². The molecule has 1 rings (SSSR count). The molecule has 0 saturated carbocycles. The van der Waals surface area contributed by atoms with Gasteiger partial charge in [0, 0.05) is 6.92 Å². The van der Waals surface area contributed by atoms with Crippen molar-refractivity contribution >= 4 is 11.6 Å². The van der Waals surface area contributed by atoms with Gasteiger partial charge in [-0.25, -0.2) is 0 Å². The molecule has 1 atom stereocenters. The maximum atomic E-state index is 9.11. The molecule has 0 fully saturated rings. The van der Waals surface area contributed by atoms with Gasteiger partial charge in [-0.3, -0.25) is 0 Å². The Morgan fingerprint density at radius 2 is 2.17 bits per heavy atom. The van der Waals surface area contributed by atoms with Crippen LogP contribution in [-0.4, -0.2) is 10.4 Å². The van der Waals surface area contributed by atoms with Crippen LogP contribution in [0.1, 0.15) is 12.5 Å². The lowest BCUT2D eigenvalue weighted by Gasteiger charge is -2.16. The molecule has 2 nitrogen and oxygen atoms in total. The zero-order valence-corrected chi connectivity index (χ0v) is 7.80. The smallest absolute Gasteiger partial charge is 0.285 e. The highest BCUT2D eigenvalue weighted by Gasteiger charge is 2.16. The Bertz CT molecular complexity index is 265. The average Bonchev–Trinajstić information content (AvgIpc) is 1.82. The summed E-state index contributed by atoms with van der Waals surface area (Å²) in [5.41, 5.74) is 1.06. The summed E-state index contributed by atoms with van der Waals surface area (Å²) < 4.78 is 5.00. The molecule has 1 aromatic rings. The van der Waals surface area contributed by atoms with Gasteiger partial charge in [0.25, 0.3) is 5.25 Å². The Balaban J connectivity index is 2.77. The number of benzene rings is 1. The third-order valence-corrected chi connectivity index (χ3v) is 1.37. The Morgan fingerprint density at radius 3 is 2.67 bits per heavy atom. The molecule has 0 saturated heterocycles. The van der Waals surface area contributed by atoms with Gasteiger partial charge in [0.05, 0.1) is 0 Å². The number of alkyl halides is 1. The summed E-state index contributed by atoms with van der Waals surface area (Å²) in [6.45, 7) is 3.31. The fourth-order valence-electron chi connectivity index (χ4n) is 0.894. The van der Waals surface area contributed by atoms with Crippen molar-refractivity contribution in [1.82, 2.24) is 0 Å². The minimum Gasteiger partial charge on any atom is -0.449 e. The fourth-order valence-corrected chi connectivity index (χ4v) is 0.983. The molecule has 12 heavy (non-hydrogen) atoms. The summed E-state index contributed by atoms with van der Waals surface area (Å²) in [6.07, 6.45) is 0. The molecule has 0 bridgehead atoms. The first-order valence-electron chi connectivity index (χ1n) is 3.64. The zero-order chi connectivity index (χ0) is 9.19. The number of aryl methyl sites for hydroxylation is 1. The first kappa shape index (κ1) is 9.36. The molecular weight excluding hydrogens is 176 g/mol. The third kappa shape index (κ3) is 3.11. The Morgan fingerprint density at radius 1 is 1.50 bits per heavy atom. The highest BCUT2D eigenvalue weighted by atomic mass is 35.5. The predicted molar refractivity (Wildman–Crippen MR) is 48.3 cm³/mol. The lowest BCUT2D eigenvalue weighted by atomic mass is 10.2. The SMILES string of the molecule is Cc1cccc(OC(C)(O)Cl)c1. The van der Waals surface area contributed by atoms with Gasteiger partial charge in [0.2, 0.25) is 0 Å². The van der Waals surface area contributed by atoms with Crippen LogP contribution in [0.5, 0.6) is 5.75 Å². The first-order valence-corrected chi connectivity index (χ1v) is 4.02. The standard InChI is InChI=1S/C9H11ClO2/c1-7-4-3-5-8(6-7)12-9(2,10)11/h3-6,11H,1-2H3.